The van der Waals surface area contributed by atoms with E-state index in [4.69, 9.17) is 0 Å². The summed E-state index contributed by atoms with van der Waals surface area (Å²) in [4.78, 5) is 12.4. The first-order valence-electron chi connectivity index (χ1n) is 6.65. The highest BCUT2D eigenvalue weighted by Gasteiger charge is 2.45. The molecular formula is C15H20FNO. The standard InChI is InChI=1S/C15H20FNO/c1-3-11(2)17-14(18)15(9-4-10-15)12-5-7-13(16)8-6-12/h5-8,11H,3-4,9-10H2,1-2H3,(H,17,18). The number of benzene rings is 1. The first-order chi connectivity index (χ1) is 8.58. The van der Waals surface area contributed by atoms with E-state index < -0.39 is 5.41 Å². The van der Waals surface area contributed by atoms with Crippen molar-refractivity contribution < 1.29 is 9.18 Å². The molecule has 0 heterocycles. The Kier molecular flexibility index (Phi) is 3.69. The van der Waals surface area contributed by atoms with Crippen molar-refractivity contribution in [3.8, 4) is 0 Å². The van der Waals surface area contributed by atoms with E-state index in [9.17, 15) is 9.18 Å². The minimum Gasteiger partial charge on any atom is -0.353 e. The van der Waals surface area contributed by atoms with Gasteiger partial charge in [0.15, 0.2) is 0 Å². The summed E-state index contributed by atoms with van der Waals surface area (Å²) in [7, 11) is 0. The molecule has 0 spiro atoms. The Balaban J connectivity index is 2.20. The van der Waals surface area contributed by atoms with Gasteiger partial charge in [0, 0.05) is 6.04 Å². The van der Waals surface area contributed by atoms with E-state index in [0.717, 1.165) is 31.2 Å². The maximum Gasteiger partial charge on any atom is 0.230 e. The lowest BCUT2D eigenvalue weighted by molar-refractivity contribution is -0.130. The van der Waals surface area contributed by atoms with Gasteiger partial charge in [0.1, 0.15) is 5.82 Å². The average Bonchev–Trinajstić information content (AvgIpc) is 2.30. The third-order valence-corrected chi connectivity index (χ3v) is 4.03. The van der Waals surface area contributed by atoms with Gasteiger partial charge in [-0.3, -0.25) is 4.79 Å². The molecule has 0 aliphatic heterocycles. The zero-order valence-corrected chi connectivity index (χ0v) is 11.0. The minimum absolute atomic E-state index is 0.0923. The number of hydrogen-bond donors (Lipinski definition) is 1. The second-order valence-corrected chi connectivity index (χ2v) is 5.23. The number of rotatable bonds is 4. The molecular weight excluding hydrogens is 229 g/mol. The summed E-state index contributed by atoms with van der Waals surface area (Å²) in [6.45, 7) is 4.06. The van der Waals surface area contributed by atoms with Gasteiger partial charge in [-0.2, -0.15) is 0 Å². The highest BCUT2D eigenvalue weighted by atomic mass is 19.1. The predicted molar refractivity (Wildman–Crippen MR) is 69.8 cm³/mol. The molecule has 1 aliphatic carbocycles. The Morgan fingerprint density at radius 3 is 2.44 bits per heavy atom. The summed E-state index contributed by atoms with van der Waals surface area (Å²) in [6, 6.07) is 6.54. The number of amides is 1. The van der Waals surface area contributed by atoms with Crippen molar-refractivity contribution in [2.24, 2.45) is 0 Å². The van der Waals surface area contributed by atoms with Gasteiger partial charge >= 0.3 is 0 Å². The molecule has 0 radical (unpaired) electrons. The molecule has 1 N–H and O–H groups in total. The van der Waals surface area contributed by atoms with Crippen LogP contribution in [0.4, 0.5) is 4.39 Å². The molecule has 18 heavy (non-hydrogen) atoms. The van der Waals surface area contributed by atoms with E-state index >= 15 is 0 Å². The van der Waals surface area contributed by atoms with Crippen LogP contribution in [0, 0.1) is 5.82 Å². The predicted octanol–water partition coefficient (Wildman–Crippen LogP) is 3.16. The van der Waals surface area contributed by atoms with Gasteiger partial charge in [-0.1, -0.05) is 25.5 Å². The van der Waals surface area contributed by atoms with Gasteiger partial charge in [-0.05, 0) is 43.9 Å². The Labute approximate surface area is 108 Å². The molecule has 98 valence electrons. The lowest BCUT2D eigenvalue weighted by Crippen LogP contribution is -2.51. The summed E-state index contributed by atoms with van der Waals surface area (Å²) in [5, 5.41) is 3.05. The maximum absolute atomic E-state index is 13.0. The van der Waals surface area contributed by atoms with Crippen LogP contribution < -0.4 is 5.32 Å². The van der Waals surface area contributed by atoms with E-state index in [-0.39, 0.29) is 17.8 Å². The quantitative estimate of drug-likeness (QED) is 0.872. The van der Waals surface area contributed by atoms with Crippen molar-refractivity contribution in [1.29, 1.82) is 0 Å². The Bertz CT molecular complexity index is 423. The van der Waals surface area contributed by atoms with E-state index in [1.165, 1.54) is 12.1 Å². The van der Waals surface area contributed by atoms with E-state index in [2.05, 4.69) is 12.2 Å². The summed E-state index contributed by atoms with van der Waals surface area (Å²) < 4.78 is 13.0. The molecule has 0 saturated heterocycles. The van der Waals surface area contributed by atoms with Gasteiger partial charge in [-0.15, -0.1) is 0 Å². The van der Waals surface area contributed by atoms with Crippen LogP contribution in [0.5, 0.6) is 0 Å². The van der Waals surface area contributed by atoms with Crippen LogP contribution in [-0.2, 0) is 10.2 Å². The number of hydrogen-bond acceptors (Lipinski definition) is 1. The Hall–Kier alpha value is -1.38. The van der Waals surface area contributed by atoms with Crippen LogP contribution in [0.2, 0.25) is 0 Å². The molecule has 1 aliphatic rings. The second-order valence-electron chi connectivity index (χ2n) is 5.23. The van der Waals surface area contributed by atoms with E-state index in [0.29, 0.717) is 0 Å². The van der Waals surface area contributed by atoms with Crippen molar-refractivity contribution in [2.75, 3.05) is 0 Å². The van der Waals surface area contributed by atoms with Crippen molar-refractivity contribution in [3.63, 3.8) is 0 Å². The summed E-state index contributed by atoms with van der Waals surface area (Å²) in [6.07, 6.45) is 3.71. The minimum atomic E-state index is -0.420. The Morgan fingerprint density at radius 1 is 1.39 bits per heavy atom. The topological polar surface area (TPSA) is 29.1 Å². The molecule has 0 aromatic heterocycles. The number of carbonyl (C=O) groups is 1. The monoisotopic (exact) mass is 249 g/mol. The third kappa shape index (κ3) is 2.26. The normalized spacial score (nSPS) is 18.8. The lowest BCUT2D eigenvalue weighted by atomic mass is 9.63. The van der Waals surface area contributed by atoms with Crippen molar-refractivity contribution in [1.82, 2.24) is 5.32 Å². The highest BCUT2D eigenvalue weighted by Crippen LogP contribution is 2.44. The molecule has 1 aromatic rings. The molecule has 1 unspecified atom stereocenters. The molecule has 1 amide bonds. The van der Waals surface area contributed by atoms with Gasteiger partial charge in [0.2, 0.25) is 5.91 Å². The van der Waals surface area contributed by atoms with Crippen LogP contribution in [0.3, 0.4) is 0 Å². The number of halogens is 1. The molecule has 0 bridgehead atoms. The zero-order valence-electron chi connectivity index (χ0n) is 11.0. The van der Waals surface area contributed by atoms with Crippen molar-refractivity contribution >= 4 is 5.91 Å². The van der Waals surface area contributed by atoms with Crippen LogP contribution in [0.1, 0.15) is 45.1 Å². The maximum atomic E-state index is 13.0. The molecule has 2 rings (SSSR count). The molecule has 1 saturated carbocycles. The third-order valence-electron chi connectivity index (χ3n) is 4.03. The molecule has 1 atom stereocenters. The van der Waals surface area contributed by atoms with Gasteiger partial charge in [0.05, 0.1) is 5.41 Å². The fourth-order valence-electron chi connectivity index (χ4n) is 2.41. The molecule has 3 heteroatoms. The van der Waals surface area contributed by atoms with Crippen molar-refractivity contribution in [3.05, 3.63) is 35.6 Å². The average molecular weight is 249 g/mol. The van der Waals surface area contributed by atoms with Crippen LogP contribution >= 0.6 is 0 Å². The Morgan fingerprint density at radius 2 is 2.00 bits per heavy atom. The fourth-order valence-corrected chi connectivity index (χ4v) is 2.41. The second kappa shape index (κ2) is 5.09. The lowest BCUT2D eigenvalue weighted by Gasteiger charge is -2.41. The van der Waals surface area contributed by atoms with Crippen LogP contribution in [0.15, 0.2) is 24.3 Å². The van der Waals surface area contributed by atoms with E-state index in [1.807, 2.05) is 6.92 Å². The van der Waals surface area contributed by atoms with Gasteiger partial charge in [-0.25, -0.2) is 4.39 Å². The summed E-state index contributed by atoms with van der Waals surface area (Å²) >= 11 is 0. The van der Waals surface area contributed by atoms with Crippen molar-refractivity contribution in [2.45, 2.75) is 51.0 Å². The first-order valence-corrected chi connectivity index (χ1v) is 6.65. The van der Waals surface area contributed by atoms with Gasteiger partial charge in [0.25, 0.3) is 0 Å². The zero-order chi connectivity index (χ0) is 13.2. The van der Waals surface area contributed by atoms with Crippen LogP contribution in [0.25, 0.3) is 0 Å². The summed E-state index contributed by atoms with van der Waals surface area (Å²) in [5.41, 5.74) is 0.521. The fraction of sp³-hybridized carbons (Fsp3) is 0.533. The smallest absolute Gasteiger partial charge is 0.230 e. The number of carbonyl (C=O) groups excluding carboxylic acids is 1. The molecule has 2 nitrogen and oxygen atoms in total. The largest absolute Gasteiger partial charge is 0.353 e. The highest BCUT2D eigenvalue weighted by molar-refractivity contribution is 5.89. The summed E-state index contributed by atoms with van der Waals surface area (Å²) in [5.74, 6) is -0.162. The van der Waals surface area contributed by atoms with Crippen LogP contribution in [-0.4, -0.2) is 11.9 Å². The first kappa shape index (κ1) is 13.1. The molecule has 1 aromatic carbocycles. The van der Waals surface area contributed by atoms with E-state index in [1.54, 1.807) is 12.1 Å². The molecule has 1 fully saturated rings. The van der Waals surface area contributed by atoms with Gasteiger partial charge < -0.3 is 5.32 Å². The SMILES string of the molecule is CCC(C)NC(=O)C1(c2ccc(F)cc2)CCC1. The number of nitrogens with one attached hydrogen (secondary N) is 1.